The summed E-state index contributed by atoms with van der Waals surface area (Å²) in [5.41, 5.74) is 5.61. The highest BCUT2D eigenvalue weighted by molar-refractivity contribution is 7.65. The Morgan fingerprint density at radius 2 is 1.30 bits per heavy atom. The first kappa shape index (κ1) is 24.2. The summed E-state index contributed by atoms with van der Waals surface area (Å²) in [5.74, 6) is 1.02. The maximum absolute atomic E-state index is 3.95. The number of anilines is 1. The molecule has 0 saturated heterocycles. The van der Waals surface area contributed by atoms with Crippen molar-refractivity contribution in [2.75, 3.05) is 5.32 Å². The number of nitrogens with one attached hydrogen (secondary N) is 1. The van der Waals surface area contributed by atoms with Crippen LogP contribution in [-0.4, -0.2) is 10.3 Å². The number of rotatable bonds is 6. The predicted molar refractivity (Wildman–Crippen MR) is 128 cm³/mol. The zero-order valence-corrected chi connectivity index (χ0v) is 20.9. The molecular formula is C25H44NP. The molecule has 0 aliphatic heterocycles. The van der Waals surface area contributed by atoms with Crippen LogP contribution in [0, 0.1) is 0 Å². The minimum absolute atomic E-state index is 0.278. The Morgan fingerprint density at radius 3 is 1.59 bits per heavy atom. The Kier molecular flexibility index (Phi) is 8.19. The second-order valence-corrected chi connectivity index (χ2v) is 14.4. The first-order valence-electron chi connectivity index (χ1n) is 10.6. The summed E-state index contributed by atoms with van der Waals surface area (Å²) in [6.07, 6.45) is 1.04. The van der Waals surface area contributed by atoms with Gasteiger partial charge in [0.25, 0.3) is 0 Å². The van der Waals surface area contributed by atoms with Crippen LogP contribution in [0.4, 0.5) is 5.69 Å². The molecule has 154 valence electrons. The van der Waals surface area contributed by atoms with Gasteiger partial charge < -0.3 is 5.32 Å². The molecular weight excluding hydrogens is 345 g/mol. The van der Waals surface area contributed by atoms with Crippen molar-refractivity contribution in [1.29, 1.82) is 0 Å². The van der Waals surface area contributed by atoms with Gasteiger partial charge in [0.15, 0.2) is 0 Å². The average Bonchev–Trinajstić information content (AvgIpc) is 2.48. The molecule has 1 rings (SSSR count). The van der Waals surface area contributed by atoms with E-state index in [9.17, 15) is 0 Å². The van der Waals surface area contributed by atoms with Crippen molar-refractivity contribution in [3.8, 4) is 0 Å². The topological polar surface area (TPSA) is 12.0 Å². The van der Waals surface area contributed by atoms with E-state index in [-0.39, 0.29) is 18.2 Å². The molecule has 0 saturated carbocycles. The lowest BCUT2D eigenvalue weighted by atomic mass is 9.92. The molecule has 0 fully saturated rings. The van der Waals surface area contributed by atoms with E-state index in [1.807, 2.05) is 0 Å². The van der Waals surface area contributed by atoms with Crippen LogP contribution in [0.15, 0.2) is 29.2 Å². The maximum atomic E-state index is 3.95. The van der Waals surface area contributed by atoms with E-state index < -0.39 is 0 Å². The summed E-state index contributed by atoms with van der Waals surface area (Å²) >= 11 is 0. The molecule has 1 nitrogen and oxygen atoms in total. The van der Waals surface area contributed by atoms with Gasteiger partial charge in [0, 0.05) is 11.4 Å². The van der Waals surface area contributed by atoms with Crippen LogP contribution in [0.25, 0.3) is 0 Å². The van der Waals surface area contributed by atoms with Crippen LogP contribution < -0.4 is 5.32 Å². The van der Waals surface area contributed by atoms with Crippen LogP contribution in [0.1, 0.15) is 112 Å². The molecule has 0 heterocycles. The fraction of sp³-hybridized carbons (Fsp3) is 0.680. The summed E-state index contributed by atoms with van der Waals surface area (Å²) in [7, 11) is -0.278. The van der Waals surface area contributed by atoms with Crippen LogP contribution in [0.5, 0.6) is 0 Å². The second-order valence-electron chi connectivity index (χ2n) is 10.3. The van der Waals surface area contributed by atoms with E-state index in [2.05, 4.69) is 107 Å². The van der Waals surface area contributed by atoms with Gasteiger partial charge in [0.1, 0.15) is 0 Å². The second kappa shape index (κ2) is 9.13. The quantitative estimate of drug-likeness (QED) is 0.478. The van der Waals surface area contributed by atoms with Gasteiger partial charge in [0.05, 0.1) is 0 Å². The molecule has 1 N–H and O–H groups in total. The van der Waals surface area contributed by atoms with Gasteiger partial charge in [-0.05, 0) is 51.9 Å². The molecule has 1 aromatic carbocycles. The minimum atomic E-state index is -0.278. The number of para-hydroxylation sites is 1. The van der Waals surface area contributed by atoms with E-state index in [1.54, 1.807) is 5.31 Å². The maximum Gasteiger partial charge on any atom is 0.0452 e. The molecule has 0 aliphatic rings. The van der Waals surface area contributed by atoms with Crippen molar-refractivity contribution >= 4 is 13.6 Å². The summed E-state index contributed by atoms with van der Waals surface area (Å²) < 4.78 is 0. The third kappa shape index (κ3) is 6.08. The molecule has 0 atom stereocenters. The molecule has 1 aromatic rings. The zero-order chi connectivity index (χ0) is 21.2. The van der Waals surface area contributed by atoms with Crippen molar-refractivity contribution < 1.29 is 0 Å². The van der Waals surface area contributed by atoms with E-state index in [0.717, 1.165) is 6.42 Å². The molecule has 2 heteroatoms. The Labute approximate surface area is 171 Å². The third-order valence-corrected chi connectivity index (χ3v) is 8.74. The molecule has 0 unspecified atom stereocenters. The van der Waals surface area contributed by atoms with E-state index in [1.165, 1.54) is 22.5 Å². The summed E-state index contributed by atoms with van der Waals surface area (Å²) in [4.78, 5) is 0. The normalized spacial score (nSPS) is 14.2. The first-order chi connectivity index (χ1) is 12.2. The first-order valence-corrected chi connectivity index (χ1v) is 12.0. The number of allylic oxidation sites excluding steroid dienone is 2. The van der Waals surface area contributed by atoms with Gasteiger partial charge in [-0.3, -0.25) is 0 Å². The van der Waals surface area contributed by atoms with Gasteiger partial charge in [-0.2, -0.15) is 0 Å². The summed E-state index contributed by atoms with van der Waals surface area (Å²) in [6, 6.07) is 6.80. The highest BCUT2D eigenvalue weighted by atomic mass is 31.1. The third-order valence-electron chi connectivity index (χ3n) is 5.12. The van der Waals surface area contributed by atoms with Gasteiger partial charge in [0.2, 0.25) is 0 Å². The SMILES string of the molecule is CC/C(Nc1c(C(C)C)cccc1C(C)C)=C(\C)P(C(C)(C)C)C(C)(C)C. The van der Waals surface area contributed by atoms with Gasteiger partial charge in [-0.1, -0.05) is 102 Å². The van der Waals surface area contributed by atoms with Crippen LogP contribution in [0.2, 0.25) is 0 Å². The van der Waals surface area contributed by atoms with E-state index in [4.69, 9.17) is 0 Å². The highest BCUT2D eigenvalue weighted by Gasteiger charge is 2.36. The molecule has 27 heavy (non-hydrogen) atoms. The Bertz CT molecular complexity index is 614. The monoisotopic (exact) mass is 389 g/mol. The lowest BCUT2D eigenvalue weighted by molar-refractivity contribution is 0.710. The van der Waals surface area contributed by atoms with Crippen molar-refractivity contribution in [2.45, 2.75) is 112 Å². The fourth-order valence-corrected chi connectivity index (χ4v) is 8.94. The number of hydrogen-bond acceptors (Lipinski definition) is 1. The standard InChI is InChI=1S/C25H44NP/c1-13-22(19(6)27(24(7,8)9)25(10,11)12)26-23-20(17(2)3)15-14-16-21(23)18(4)5/h14-18,26H,13H2,1-12H3/b22-19-. The molecule has 0 aliphatic carbocycles. The average molecular weight is 390 g/mol. The van der Waals surface area contributed by atoms with Crippen molar-refractivity contribution in [3.63, 3.8) is 0 Å². The van der Waals surface area contributed by atoms with Gasteiger partial charge >= 0.3 is 0 Å². The summed E-state index contributed by atoms with van der Waals surface area (Å²) in [5, 5.41) is 6.10. The molecule has 0 radical (unpaired) electrons. The lowest BCUT2D eigenvalue weighted by Crippen LogP contribution is -2.26. The molecule has 0 bridgehead atoms. The Hall–Kier alpha value is -0.810. The number of hydrogen-bond donors (Lipinski definition) is 1. The highest BCUT2D eigenvalue weighted by Crippen LogP contribution is 2.65. The van der Waals surface area contributed by atoms with Crippen LogP contribution in [0.3, 0.4) is 0 Å². The van der Waals surface area contributed by atoms with E-state index >= 15 is 0 Å². The Balaban J connectivity index is 3.58. The molecule has 0 amide bonds. The molecule has 0 spiro atoms. The van der Waals surface area contributed by atoms with Gasteiger partial charge in [-0.25, -0.2) is 0 Å². The van der Waals surface area contributed by atoms with Crippen molar-refractivity contribution in [2.24, 2.45) is 0 Å². The van der Waals surface area contributed by atoms with Crippen LogP contribution in [-0.2, 0) is 0 Å². The van der Waals surface area contributed by atoms with Crippen LogP contribution >= 0.6 is 7.92 Å². The zero-order valence-electron chi connectivity index (χ0n) is 20.0. The lowest BCUT2D eigenvalue weighted by Gasteiger charge is -2.43. The number of benzene rings is 1. The van der Waals surface area contributed by atoms with Crippen molar-refractivity contribution in [1.82, 2.24) is 0 Å². The van der Waals surface area contributed by atoms with Gasteiger partial charge in [-0.15, -0.1) is 0 Å². The minimum Gasteiger partial charge on any atom is -0.358 e. The predicted octanol–water partition coefficient (Wildman–Crippen LogP) is 9.07. The van der Waals surface area contributed by atoms with E-state index in [0.29, 0.717) is 11.8 Å². The largest absolute Gasteiger partial charge is 0.358 e. The van der Waals surface area contributed by atoms with Crippen molar-refractivity contribution in [3.05, 3.63) is 40.3 Å². The summed E-state index contributed by atoms with van der Waals surface area (Å²) in [6.45, 7) is 28.3. The Morgan fingerprint density at radius 1 is 0.889 bits per heavy atom. The smallest absolute Gasteiger partial charge is 0.0452 e. The fourth-order valence-electron chi connectivity index (χ4n) is 4.43. The molecule has 0 aromatic heterocycles.